The minimum absolute atomic E-state index is 0.0161. The number of carbonyl (C=O) groups is 3. The highest BCUT2D eigenvalue weighted by atomic mass is 16.4. The van der Waals surface area contributed by atoms with Crippen molar-refractivity contribution in [2.45, 2.75) is 31.8 Å². The molecule has 1 aliphatic heterocycles. The van der Waals surface area contributed by atoms with E-state index < -0.39 is 5.97 Å². The largest absolute Gasteiger partial charge is 0.480 e. The first-order valence-corrected chi connectivity index (χ1v) is 8.76. The van der Waals surface area contributed by atoms with Crippen molar-refractivity contribution in [1.29, 1.82) is 0 Å². The summed E-state index contributed by atoms with van der Waals surface area (Å²) in [5.41, 5.74) is 1.88. The molecule has 0 unspecified atom stereocenters. The topological polar surface area (TPSA) is 90.0 Å². The van der Waals surface area contributed by atoms with E-state index in [0.29, 0.717) is 17.8 Å². The molecule has 0 aromatic heterocycles. The van der Waals surface area contributed by atoms with Crippen LogP contribution in [0.25, 0.3) is 5.70 Å². The molecule has 2 N–H and O–H groups in total. The molecular weight excluding hydrogens is 334 g/mol. The third-order valence-electron chi connectivity index (χ3n) is 5.08. The maximum absolute atomic E-state index is 12.4. The van der Waals surface area contributed by atoms with Gasteiger partial charge in [0, 0.05) is 28.9 Å². The van der Waals surface area contributed by atoms with Crippen LogP contribution in [0.3, 0.4) is 0 Å². The molecule has 0 bridgehead atoms. The zero-order valence-electron chi connectivity index (χ0n) is 14.8. The number of hydrogen-bond acceptors (Lipinski definition) is 4. The summed E-state index contributed by atoms with van der Waals surface area (Å²) in [4.78, 5) is 38.9. The van der Waals surface area contributed by atoms with Crippen LogP contribution in [0.5, 0.6) is 0 Å². The molecule has 26 heavy (non-hydrogen) atoms. The first kappa shape index (κ1) is 18.1. The van der Waals surface area contributed by atoms with Gasteiger partial charge in [0.25, 0.3) is 5.91 Å². The van der Waals surface area contributed by atoms with E-state index in [2.05, 4.69) is 11.9 Å². The molecule has 1 aliphatic carbocycles. The molecule has 1 fully saturated rings. The third kappa shape index (κ3) is 3.48. The lowest BCUT2D eigenvalue weighted by Gasteiger charge is -2.42. The molecule has 1 saturated carbocycles. The molecule has 1 aromatic carbocycles. The number of hydrogen-bond donors (Lipinski definition) is 2. The van der Waals surface area contributed by atoms with E-state index in [0.717, 1.165) is 18.4 Å². The van der Waals surface area contributed by atoms with Gasteiger partial charge in [0.05, 0.1) is 6.54 Å². The van der Waals surface area contributed by atoms with Gasteiger partial charge in [-0.1, -0.05) is 31.7 Å². The van der Waals surface area contributed by atoms with E-state index in [-0.39, 0.29) is 37.0 Å². The van der Waals surface area contributed by atoms with Crippen LogP contribution in [0.2, 0.25) is 0 Å². The molecule has 0 radical (unpaired) electrons. The molecule has 0 spiro atoms. The molecular formula is C19H23N3O4. The van der Waals surface area contributed by atoms with E-state index in [9.17, 15) is 14.4 Å². The normalized spacial score (nSPS) is 21.5. The highest BCUT2D eigenvalue weighted by molar-refractivity contribution is 6.10. The maximum atomic E-state index is 12.4. The second-order valence-corrected chi connectivity index (χ2v) is 6.73. The van der Waals surface area contributed by atoms with Crippen LogP contribution in [0.1, 0.15) is 35.7 Å². The van der Waals surface area contributed by atoms with E-state index in [1.807, 2.05) is 24.0 Å². The number of amides is 2. The Kier molecular flexibility index (Phi) is 5.08. The Morgan fingerprint density at radius 3 is 2.54 bits per heavy atom. The summed E-state index contributed by atoms with van der Waals surface area (Å²) in [5.74, 6) is -1.27. The number of nitrogens with zero attached hydrogens (tertiary/aromatic N) is 2. The van der Waals surface area contributed by atoms with E-state index in [1.165, 1.54) is 4.90 Å². The van der Waals surface area contributed by atoms with Crippen molar-refractivity contribution in [3.05, 3.63) is 42.0 Å². The molecule has 0 atom stereocenters. The first-order valence-electron chi connectivity index (χ1n) is 8.76. The number of benzene rings is 1. The van der Waals surface area contributed by atoms with Gasteiger partial charge in [-0.25, -0.2) is 0 Å². The van der Waals surface area contributed by atoms with Crippen LogP contribution in [0, 0.1) is 0 Å². The zero-order valence-corrected chi connectivity index (χ0v) is 14.8. The number of carbonyl (C=O) groups excluding carboxylic acids is 2. The van der Waals surface area contributed by atoms with Crippen LogP contribution < -0.4 is 5.32 Å². The number of fused-ring (bicyclic) bond motifs is 1. The van der Waals surface area contributed by atoms with Gasteiger partial charge in [-0.3, -0.25) is 24.2 Å². The molecule has 7 nitrogen and oxygen atoms in total. The molecule has 3 rings (SSSR count). The van der Waals surface area contributed by atoms with E-state index in [1.54, 1.807) is 12.1 Å². The van der Waals surface area contributed by atoms with Crippen molar-refractivity contribution >= 4 is 23.5 Å². The van der Waals surface area contributed by atoms with Gasteiger partial charge < -0.3 is 10.4 Å². The molecule has 138 valence electrons. The summed E-state index contributed by atoms with van der Waals surface area (Å²) in [6.45, 7) is 6.48. The number of carboxylic acid groups (broad SMARTS) is 1. The van der Waals surface area contributed by atoms with E-state index in [4.69, 9.17) is 5.11 Å². The van der Waals surface area contributed by atoms with Crippen LogP contribution >= 0.6 is 0 Å². The molecule has 1 aromatic rings. The molecule has 2 amide bonds. The average molecular weight is 357 g/mol. The summed E-state index contributed by atoms with van der Waals surface area (Å²) in [7, 11) is 0. The predicted molar refractivity (Wildman–Crippen MR) is 96.3 cm³/mol. The summed E-state index contributed by atoms with van der Waals surface area (Å²) >= 11 is 0. The summed E-state index contributed by atoms with van der Waals surface area (Å²) < 4.78 is 0. The number of likely N-dealkylation sites (N-methyl/N-ethyl adjacent to an activating group) is 1. The van der Waals surface area contributed by atoms with Crippen molar-refractivity contribution in [3.8, 4) is 0 Å². The lowest BCUT2D eigenvalue weighted by Crippen LogP contribution is -2.55. The lowest BCUT2D eigenvalue weighted by molar-refractivity contribution is -0.139. The summed E-state index contributed by atoms with van der Waals surface area (Å²) in [6, 6.07) is 7.38. The Labute approximate surface area is 152 Å². The van der Waals surface area contributed by atoms with Crippen molar-refractivity contribution in [3.63, 3.8) is 0 Å². The summed E-state index contributed by atoms with van der Waals surface area (Å²) in [5, 5.41) is 11.8. The van der Waals surface area contributed by atoms with Crippen molar-refractivity contribution in [2.24, 2.45) is 0 Å². The first-order chi connectivity index (χ1) is 12.4. The summed E-state index contributed by atoms with van der Waals surface area (Å²) in [6.07, 6.45) is 1.45. The van der Waals surface area contributed by atoms with Gasteiger partial charge in [-0.2, -0.15) is 0 Å². The fourth-order valence-electron chi connectivity index (χ4n) is 3.60. The third-order valence-corrected chi connectivity index (χ3v) is 5.08. The fourth-order valence-corrected chi connectivity index (χ4v) is 3.60. The van der Waals surface area contributed by atoms with Gasteiger partial charge in [0.2, 0.25) is 5.91 Å². The van der Waals surface area contributed by atoms with Crippen LogP contribution in [-0.2, 0) is 9.59 Å². The predicted octanol–water partition coefficient (Wildman–Crippen LogP) is 1.17. The molecule has 0 saturated heterocycles. The zero-order chi connectivity index (χ0) is 18.8. The minimum atomic E-state index is -0.843. The Hall–Kier alpha value is -2.67. The van der Waals surface area contributed by atoms with Crippen molar-refractivity contribution in [2.75, 3.05) is 19.6 Å². The highest BCUT2D eigenvalue weighted by Gasteiger charge is 2.36. The second-order valence-electron chi connectivity index (χ2n) is 6.73. The Morgan fingerprint density at radius 1 is 1.31 bits per heavy atom. The smallest absolute Gasteiger partial charge is 0.317 e. The number of aliphatic carboxylic acids is 1. The quantitative estimate of drug-likeness (QED) is 0.764. The molecule has 7 heteroatoms. The SMILES string of the molecule is C=C1c2ccccc2C(=O)N1CC(=O)NC1CC(N(CC)CC(=O)O)C1. The minimum Gasteiger partial charge on any atom is -0.480 e. The fraction of sp³-hybridized carbons (Fsp3) is 0.421. The number of nitrogens with one attached hydrogen (secondary N) is 1. The Balaban J connectivity index is 1.50. The van der Waals surface area contributed by atoms with Gasteiger partial charge in [-0.15, -0.1) is 0 Å². The number of rotatable bonds is 7. The lowest BCUT2D eigenvalue weighted by atomic mass is 9.85. The standard InChI is InChI=1S/C19H23N3O4/c1-3-21(11-18(24)25)14-8-13(9-14)20-17(23)10-22-12(2)15-6-4-5-7-16(15)19(22)26/h4-7,13-14H,2-3,8-11H2,1H3,(H,20,23)(H,24,25). The van der Waals surface area contributed by atoms with Crippen molar-refractivity contribution in [1.82, 2.24) is 15.1 Å². The Morgan fingerprint density at radius 2 is 1.96 bits per heavy atom. The molecule has 2 aliphatic rings. The van der Waals surface area contributed by atoms with Crippen LogP contribution in [-0.4, -0.2) is 64.4 Å². The van der Waals surface area contributed by atoms with Gasteiger partial charge in [-0.05, 0) is 25.5 Å². The van der Waals surface area contributed by atoms with Gasteiger partial charge in [0.1, 0.15) is 6.54 Å². The van der Waals surface area contributed by atoms with Gasteiger partial charge in [0.15, 0.2) is 0 Å². The molecule has 1 heterocycles. The van der Waals surface area contributed by atoms with E-state index >= 15 is 0 Å². The van der Waals surface area contributed by atoms with Crippen LogP contribution in [0.15, 0.2) is 30.8 Å². The highest BCUT2D eigenvalue weighted by Crippen LogP contribution is 2.31. The van der Waals surface area contributed by atoms with Crippen LogP contribution in [0.4, 0.5) is 0 Å². The maximum Gasteiger partial charge on any atom is 0.317 e. The van der Waals surface area contributed by atoms with Gasteiger partial charge >= 0.3 is 5.97 Å². The van der Waals surface area contributed by atoms with Crippen molar-refractivity contribution < 1.29 is 19.5 Å². The average Bonchev–Trinajstić information content (AvgIpc) is 2.81. The number of carboxylic acids is 1. The monoisotopic (exact) mass is 357 g/mol. The Bertz CT molecular complexity index is 720. The second kappa shape index (κ2) is 7.29.